The Kier molecular flexibility index (Phi) is 3.80. The minimum Gasteiger partial charge on any atom is -0.337 e. The Bertz CT molecular complexity index is 464. The van der Waals surface area contributed by atoms with Crippen molar-refractivity contribution in [2.75, 3.05) is 32.7 Å². The van der Waals surface area contributed by atoms with Crippen molar-refractivity contribution < 1.29 is 4.79 Å². The number of hydrogen-bond acceptors (Lipinski definition) is 3. The van der Waals surface area contributed by atoms with Gasteiger partial charge in [0, 0.05) is 31.7 Å². The number of nitrogens with one attached hydrogen (secondary N) is 2. The first-order valence-electron chi connectivity index (χ1n) is 7.18. The minimum absolute atomic E-state index is 0.211. The summed E-state index contributed by atoms with van der Waals surface area (Å²) in [5, 5.41) is 6.70. The molecule has 1 aromatic rings. The van der Waals surface area contributed by atoms with Crippen molar-refractivity contribution in [1.29, 1.82) is 0 Å². The first kappa shape index (κ1) is 12.6. The average molecular weight is 259 g/mol. The first-order chi connectivity index (χ1) is 9.36. The van der Waals surface area contributed by atoms with E-state index in [2.05, 4.69) is 16.7 Å². The monoisotopic (exact) mass is 259 g/mol. The third kappa shape index (κ3) is 2.65. The zero-order valence-corrected chi connectivity index (χ0v) is 11.2. The highest BCUT2D eigenvalue weighted by molar-refractivity contribution is 5.96. The molecule has 4 nitrogen and oxygen atoms in total. The lowest BCUT2D eigenvalue weighted by molar-refractivity contribution is 0.0765. The zero-order valence-electron chi connectivity index (χ0n) is 11.2. The van der Waals surface area contributed by atoms with Gasteiger partial charge in [-0.1, -0.05) is 12.1 Å². The molecule has 0 aromatic heterocycles. The third-order valence-electron chi connectivity index (χ3n) is 4.00. The van der Waals surface area contributed by atoms with Crippen molar-refractivity contribution in [1.82, 2.24) is 15.5 Å². The maximum absolute atomic E-state index is 12.7. The lowest BCUT2D eigenvalue weighted by atomic mass is 9.94. The van der Waals surface area contributed by atoms with Gasteiger partial charge in [-0.2, -0.15) is 0 Å². The Morgan fingerprint density at radius 2 is 2.05 bits per heavy atom. The van der Waals surface area contributed by atoms with E-state index in [1.165, 1.54) is 11.1 Å². The fraction of sp³-hybridized carbons (Fsp3) is 0.533. The summed E-state index contributed by atoms with van der Waals surface area (Å²) in [6, 6.07) is 6.13. The molecule has 4 heteroatoms. The van der Waals surface area contributed by atoms with E-state index in [1.54, 1.807) is 0 Å². The number of benzene rings is 1. The predicted octanol–water partition coefficient (Wildman–Crippen LogP) is 0.768. The van der Waals surface area contributed by atoms with Crippen LogP contribution in [-0.4, -0.2) is 43.5 Å². The average Bonchev–Trinajstić information content (AvgIpc) is 2.75. The zero-order chi connectivity index (χ0) is 13.1. The molecule has 102 valence electrons. The number of nitrogens with zero attached hydrogens (tertiary/aromatic N) is 1. The van der Waals surface area contributed by atoms with E-state index < -0.39 is 0 Å². The van der Waals surface area contributed by atoms with Gasteiger partial charge in [-0.3, -0.25) is 4.79 Å². The van der Waals surface area contributed by atoms with Gasteiger partial charge >= 0.3 is 0 Å². The van der Waals surface area contributed by atoms with E-state index in [9.17, 15) is 4.79 Å². The summed E-state index contributed by atoms with van der Waals surface area (Å²) < 4.78 is 0. The molecule has 2 heterocycles. The Balaban J connectivity index is 1.86. The van der Waals surface area contributed by atoms with Gasteiger partial charge in [0.15, 0.2) is 0 Å². The molecule has 0 atom stereocenters. The van der Waals surface area contributed by atoms with Gasteiger partial charge in [-0.15, -0.1) is 0 Å². The van der Waals surface area contributed by atoms with Gasteiger partial charge in [0.25, 0.3) is 5.91 Å². The molecular formula is C15H21N3O. The van der Waals surface area contributed by atoms with E-state index in [0.717, 1.165) is 57.7 Å². The van der Waals surface area contributed by atoms with Crippen molar-refractivity contribution in [2.45, 2.75) is 19.4 Å². The van der Waals surface area contributed by atoms with Crippen LogP contribution in [0.4, 0.5) is 0 Å². The molecule has 0 unspecified atom stereocenters. The molecule has 0 aliphatic carbocycles. The smallest absolute Gasteiger partial charge is 0.254 e. The Hall–Kier alpha value is -1.39. The fourth-order valence-electron chi connectivity index (χ4n) is 2.95. The highest BCUT2D eigenvalue weighted by atomic mass is 16.2. The van der Waals surface area contributed by atoms with Crippen molar-refractivity contribution in [2.24, 2.45) is 0 Å². The van der Waals surface area contributed by atoms with Gasteiger partial charge in [0.1, 0.15) is 0 Å². The van der Waals surface area contributed by atoms with Gasteiger partial charge in [-0.05, 0) is 43.1 Å². The van der Waals surface area contributed by atoms with Gasteiger partial charge in [0.2, 0.25) is 0 Å². The molecule has 1 amide bonds. The fourth-order valence-corrected chi connectivity index (χ4v) is 2.95. The number of hydrogen-bond donors (Lipinski definition) is 2. The van der Waals surface area contributed by atoms with E-state index in [1.807, 2.05) is 17.0 Å². The molecule has 1 fully saturated rings. The SMILES string of the molecule is O=C(c1cccc2c1CCNC2)N1CCCNCC1. The van der Waals surface area contributed by atoms with E-state index >= 15 is 0 Å². The van der Waals surface area contributed by atoms with E-state index in [0.29, 0.717) is 0 Å². The number of carbonyl (C=O) groups is 1. The second-order valence-corrected chi connectivity index (χ2v) is 5.27. The highest BCUT2D eigenvalue weighted by Crippen LogP contribution is 2.20. The Morgan fingerprint density at radius 1 is 1.11 bits per heavy atom. The van der Waals surface area contributed by atoms with Crippen LogP contribution in [-0.2, 0) is 13.0 Å². The predicted molar refractivity (Wildman–Crippen MR) is 75.2 cm³/mol. The molecule has 3 rings (SSSR count). The molecule has 1 saturated heterocycles. The number of carbonyl (C=O) groups excluding carboxylic acids is 1. The van der Waals surface area contributed by atoms with Crippen LogP contribution in [0.25, 0.3) is 0 Å². The molecular weight excluding hydrogens is 238 g/mol. The molecule has 1 aromatic carbocycles. The third-order valence-corrected chi connectivity index (χ3v) is 4.00. The quantitative estimate of drug-likeness (QED) is 0.783. The van der Waals surface area contributed by atoms with Crippen molar-refractivity contribution in [3.8, 4) is 0 Å². The van der Waals surface area contributed by atoms with Crippen molar-refractivity contribution in [3.05, 3.63) is 34.9 Å². The van der Waals surface area contributed by atoms with Crippen molar-refractivity contribution in [3.63, 3.8) is 0 Å². The summed E-state index contributed by atoms with van der Waals surface area (Å²) in [6.45, 7) is 5.47. The Morgan fingerprint density at radius 3 is 3.00 bits per heavy atom. The summed E-state index contributed by atoms with van der Waals surface area (Å²) in [5.74, 6) is 0.211. The molecule has 2 N–H and O–H groups in total. The van der Waals surface area contributed by atoms with Gasteiger partial charge in [0.05, 0.1) is 0 Å². The van der Waals surface area contributed by atoms with Crippen LogP contribution in [0.5, 0.6) is 0 Å². The second-order valence-electron chi connectivity index (χ2n) is 5.27. The summed E-state index contributed by atoms with van der Waals surface area (Å²) in [7, 11) is 0. The molecule has 19 heavy (non-hydrogen) atoms. The summed E-state index contributed by atoms with van der Waals surface area (Å²) in [4.78, 5) is 14.7. The number of amides is 1. The summed E-state index contributed by atoms with van der Waals surface area (Å²) in [6.07, 6.45) is 2.01. The molecule has 0 spiro atoms. The molecule has 0 saturated carbocycles. The number of fused-ring (bicyclic) bond motifs is 1. The molecule has 2 aliphatic rings. The summed E-state index contributed by atoms with van der Waals surface area (Å²) in [5.41, 5.74) is 3.45. The van der Waals surface area contributed by atoms with Crippen LogP contribution >= 0.6 is 0 Å². The molecule has 0 bridgehead atoms. The van der Waals surface area contributed by atoms with E-state index in [-0.39, 0.29) is 5.91 Å². The van der Waals surface area contributed by atoms with Crippen LogP contribution in [0.2, 0.25) is 0 Å². The topological polar surface area (TPSA) is 44.4 Å². The highest BCUT2D eigenvalue weighted by Gasteiger charge is 2.22. The lowest BCUT2D eigenvalue weighted by Crippen LogP contribution is -2.36. The summed E-state index contributed by atoms with van der Waals surface area (Å²) >= 11 is 0. The van der Waals surface area contributed by atoms with Crippen LogP contribution in [0.3, 0.4) is 0 Å². The minimum atomic E-state index is 0.211. The largest absolute Gasteiger partial charge is 0.337 e. The van der Waals surface area contributed by atoms with Crippen LogP contribution in [0.1, 0.15) is 27.9 Å². The standard InChI is InChI=1S/C15H21N3O/c19-15(18-9-2-6-16-8-10-18)14-4-1-3-12-11-17-7-5-13(12)14/h1,3-4,16-17H,2,5-11H2. The van der Waals surface area contributed by atoms with Crippen LogP contribution in [0, 0.1) is 0 Å². The maximum Gasteiger partial charge on any atom is 0.254 e. The normalized spacial score (nSPS) is 19.7. The second kappa shape index (κ2) is 5.72. The van der Waals surface area contributed by atoms with Crippen LogP contribution in [0.15, 0.2) is 18.2 Å². The molecule has 2 aliphatic heterocycles. The number of rotatable bonds is 1. The maximum atomic E-state index is 12.7. The van der Waals surface area contributed by atoms with Crippen molar-refractivity contribution >= 4 is 5.91 Å². The van der Waals surface area contributed by atoms with Crippen LogP contribution < -0.4 is 10.6 Å². The molecule has 0 radical (unpaired) electrons. The first-order valence-corrected chi connectivity index (χ1v) is 7.18. The van der Waals surface area contributed by atoms with Gasteiger partial charge < -0.3 is 15.5 Å². The lowest BCUT2D eigenvalue weighted by Gasteiger charge is -2.24. The Labute approximate surface area is 114 Å². The van der Waals surface area contributed by atoms with E-state index in [4.69, 9.17) is 0 Å². The van der Waals surface area contributed by atoms with Gasteiger partial charge in [-0.25, -0.2) is 0 Å².